The maximum Gasteiger partial charge on any atom is 0.255 e. The Labute approximate surface area is 93.7 Å². The zero-order chi connectivity index (χ0) is 10.8. The van der Waals surface area contributed by atoms with Crippen LogP contribution < -0.4 is 5.56 Å². The van der Waals surface area contributed by atoms with Crippen molar-refractivity contribution in [1.82, 2.24) is 9.97 Å². The second kappa shape index (κ2) is 4.39. The minimum atomic E-state index is 0.0758. The van der Waals surface area contributed by atoms with Crippen LogP contribution in [0, 0.1) is 0 Å². The molecule has 2 rings (SSSR count). The number of H-pyrrole nitrogens is 1. The van der Waals surface area contributed by atoms with Gasteiger partial charge in [-0.15, -0.1) is 0 Å². The van der Waals surface area contributed by atoms with Gasteiger partial charge in [-0.25, -0.2) is 4.98 Å². The van der Waals surface area contributed by atoms with Crippen LogP contribution in [-0.4, -0.2) is 9.97 Å². The molecular weight excluding hydrogens is 208 g/mol. The lowest BCUT2D eigenvalue weighted by atomic mass is 10.0. The van der Waals surface area contributed by atoms with Gasteiger partial charge in [-0.3, -0.25) is 4.79 Å². The average molecular weight is 224 g/mol. The summed E-state index contributed by atoms with van der Waals surface area (Å²) in [5.41, 5.74) is 1.97. The van der Waals surface area contributed by atoms with E-state index in [0.717, 1.165) is 41.4 Å². The highest BCUT2D eigenvalue weighted by molar-refractivity contribution is 7.98. The van der Waals surface area contributed by atoms with E-state index in [0.29, 0.717) is 5.92 Å². The van der Waals surface area contributed by atoms with Crippen molar-refractivity contribution in [3.63, 3.8) is 0 Å². The van der Waals surface area contributed by atoms with E-state index in [4.69, 9.17) is 0 Å². The van der Waals surface area contributed by atoms with E-state index in [1.54, 1.807) is 11.8 Å². The van der Waals surface area contributed by atoms with Crippen molar-refractivity contribution < 1.29 is 0 Å². The first-order chi connectivity index (χ1) is 7.26. The number of aromatic amines is 1. The summed E-state index contributed by atoms with van der Waals surface area (Å²) in [6, 6.07) is 0. The summed E-state index contributed by atoms with van der Waals surface area (Å²) in [6.07, 6.45) is 2.07. The largest absolute Gasteiger partial charge is 0.310 e. The van der Waals surface area contributed by atoms with Gasteiger partial charge in [-0.2, -0.15) is 11.8 Å². The zero-order valence-electron chi connectivity index (χ0n) is 9.17. The standard InChI is InChI=1S/C11H16N2OS/c1-3-7(4-2)10-12-9-6-15-5-8(9)11(14)13-10/h7H,3-6H2,1-2H3,(H,12,13,14). The van der Waals surface area contributed by atoms with Crippen molar-refractivity contribution in [2.24, 2.45) is 0 Å². The summed E-state index contributed by atoms with van der Waals surface area (Å²) in [5, 5.41) is 0. The fourth-order valence-electron chi connectivity index (χ4n) is 1.95. The SMILES string of the molecule is CCC(CC)c1nc2c(c(=O)[nH]1)CSC2. The van der Waals surface area contributed by atoms with Crippen LogP contribution in [0.2, 0.25) is 0 Å². The molecule has 0 amide bonds. The first kappa shape index (κ1) is 10.7. The lowest BCUT2D eigenvalue weighted by Crippen LogP contribution is -2.18. The Kier molecular flexibility index (Phi) is 3.14. The van der Waals surface area contributed by atoms with Gasteiger partial charge in [0.1, 0.15) is 5.82 Å². The van der Waals surface area contributed by atoms with Crippen LogP contribution in [0.25, 0.3) is 0 Å². The Bertz CT molecular complexity index is 410. The Morgan fingerprint density at radius 2 is 2.13 bits per heavy atom. The second-order valence-electron chi connectivity index (χ2n) is 3.88. The van der Waals surface area contributed by atoms with Crippen LogP contribution in [0.15, 0.2) is 4.79 Å². The van der Waals surface area contributed by atoms with Crippen molar-refractivity contribution in [1.29, 1.82) is 0 Å². The number of hydrogen-bond donors (Lipinski definition) is 1. The number of aromatic nitrogens is 2. The topological polar surface area (TPSA) is 45.8 Å². The first-order valence-electron chi connectivity index (χ1n) is 5.46. The highest BCUT2D eigenvalue weighted by Gasteiger charge is 2.19. The van der Waals surface area contributed by atoms with E-state index in [-0.39, 0.29) is 5.56 Å². The molecular formula is C11H16N2OS. The van der Waals surface area contributed by atoms with Crippen LogP contribution in [0.3, 0.4) is 0 Å². The van der Waals surface area contributed by atoms with Gasteiger partial charge in [0.15, 0.2) is 0 Å². The molecule has 0 radical (unpaired) electrons. The maximum absolute atomic E-state index is 11.8. The van der Waals surface area contributed by atoms with Gasteiger partial charge >= 0.3 is 0 Å². The van der Waals surface area contributed by atoms with Crippen LogP contribution in [0.1, 0.15) is 49.7 Å². The van der Waals surface area contributed by atoms with E-state index < -0.39 is 0 Å². The molecule has 0 saturated heterocycles. The Hall–Kier alpha value is -0.770. The molecule has 1 aromatic rings. The van der Waals surface area contributed by atoms with Gasteiger partial charge < -0.3 is 4.98 Å². The normalized spacial score (nSPS) is 14.6. The van der Waals surface area contributed by atoms with Gasteiger partial charge in [0, 0.05) is 23.0 Å². The minimum absolute atomic E-state index is 0.0758. The molecule has 1 aliphatic heterocycles. The van der Waals surface area contributed by atoms with Crippen molar-refractivity contribution >= 4 is 11.8 Å². The summed E-state index contributed by atoms with van der Waals surface area (Å²) in [7, 11) is 0. The van der Waals surface area contributed by atoms with Gasteiger partial charge in [-0.05, 0) is 12.8 Å². The van der Waals surface area contributed by atoms with E-state index in [1.165, 1.54) is 0 Å². The molecule has 0 unspecified atom stereocenters. The molecule has 4 heteroatoms. The fourth-order valence-corrected chi connectivity index (χ4v) is 2.99. The highest BCUT2D eigenvalue weighted by Crippen LogP contribution is 2.27. The number of rotatable bonds is 3. The molecule has 0 aliphatic carbocycles. The first-order valence-corrected chi connectivity index (χ1v) is 6.61. The van der Waals surface area contributed by atoms with Crippen LogP contribution >= 0.6 is 11.8 Å². The van der Waals surface area contributed by atoms with E-state index in [9.17, 15) is 4.79 Å². The van der Waals surface area contributed by atoms with Gasteiger partial charge in [0.2, 0.25) is 0 Å². The van der Waals surface area contributed by atoms with E-state index in [2.05, 4.69) is 23.8 Å². The molecule has 1 aliphatic rings. The number of nitrogens with one attached hydrogen (secondary N) is 1. The third-order valence-electron chi connectivity index (χ3n) is 2.98. The molecule has 0 bridgehead atoms. The van der Waals surface area contributed by atoms with Crippen LogP contribution in [0.4, 0.5) is 0 Å². The predicted molar refractivity (Wildman–Crippen MR) is 63.2 cm³/mol. The Balaban J connectivity index is 2.43. The predicted octanol–water partition coefficient (Wildman–Crippen LogP) is 2.42. The molecule has 0 atom stereocenters. The molecule has 0 aromatic carbocycles. The van der Waals surface area contributed by atoms with Crippen LogP contribution in [0.5, 0.6) is 0 Å². The number of hydrogen-bond acceptors (Lipinski definition) is 3. The maximum atomic E-state index is 11.8. The molecule has 2 heterocycles. The molecule has 3 nitrogen and oxygen atoms in total. The second-order valence-corrected chi connectivity index (χ2v) is 4.87. The average Bonchev–Trinajstić information content (AvgIpc) is 2.68. The lowest BCUT2D eigenvalue weighted by Gasteiger charge is -2.12. The van der Waals surface area contributed by atoms with Gasteiger partial charge in [-0.1, -0.05) is 13.8 Å². The van der Waals surface area contributed by atoms with Crippen molar-refractivity contribution in [2.75, 3.05) is 0 Å². The van der Waals surface area contributed by atoms with Gasteiger partial charge in [0.05, 0.1) is 5.69 Å². The quantitative estimate of drug-likeness (QED) is 0.857. The third kappa shape index (κ3) is 1.95. The molecule has 15 heavy (non-hydrogen) atoms. The minimum Gasteiger partial charge on any atom is -0.310 e. The number of fused-ring (bicyclic) bond motifs is 1. The zero-order valence-corrected chi connectivity index (χ0v) is 9.99. The van der Waals surface area contributed by atoms with Crippen molar-refractivity contribution in [3.05, 3.63) is 27.4 Å². The van der Waals surface area contributed by atoms with E-state index >= 15 is 0 Å². The van der Waals surface area contributed by atoms with Gasteiger partial charge in [0.25, 0.3) is 5.56 Å². The molecule has 82 valence electrons. The molecule has 1 N–H and O–H groups in total. The number of thioether (sulfide) groups is 1. The smallest absolute Gasteiger partial charge is 0.255 e. The van der Waals surface area contributed by atoms with Crippen LogP contribution in [-0.2, 0) is 11.5 Å². The third-order valence-corrected chi connectivity index (χ3v) is 3.95. The number of nitrogens with zero attached hydrogens (tertiary/aromatic N) is 1. The summed E-state index contributed by atoms with van der Waals surface area (Å²) in [4.78, 5) is 19.3. The summed E-state index contributed by atoms with van der Waals surface area (Å²) in [5.74, 6) is 2.99. The summed E-state index contributed by atoms with van der Waals surface area (Å²) in [6.45, 7) is 4.27. The molecule has 0 saturated carbocycles. The lowest BCUT2D eigenvalue weighted by molar-refractivity contribution is 0.595. The van der Waals surface area contributed by atoms with Crippen molar-refractivity contribution in [3.8, 4) is 0 Å². The summed E-state index contributed by atoms with van der Waals surface area (Å²) >= 11 is 1.77. The molecule has 0 spiro atoms. The molecule has 0 fully saturated rings. The summed E-state index contributed by atoms with van der Waals surface area (Å²) < 4.78 is 0. The molecule has 1 aromatic heterocycles. The Morgan fingerprint density at radius 1 is 1.40 bits per heavy atom. The van der Waals surface area contributed by atoms with E-state index in [1.807, 2.05) is 0 Å². The van der Waals surface area contributed by atoms with Crippen molar-refractivity contribution in [2.45, 2.75) is 44.1 Å². The Morgan fingerprint density at radius 3 is 2.80 bits per heavy atom. The highest BCUT2D eigenvalue weighted by atomic mass is 32.2. The monoisotopic (exact) mass is 224 g/mol. The fraction of sp³-hybridized carbons (Fsp3) is 0.636.